The van der Waals surface area contributed by atoms with Gasteiger partial charge in [0.05, 0.1) is 17.3 Å². The largest absolute Gasteiger partial charge is 0.383 e. The summed E-state index contributed by atoms with van der Waals surface area (Å²) in [4.78, 5) is 11.9. The number of methoxy groups -OCH3 is 1. The topological polar surface area (TPSA) is 96.5 Å². The molecule has 24 heavy (non-hydrogen) atoms. The highest BCUT2D eigenvalue weighted by molar-refractivity contribution is 7.91. The fourth-order valence-corrected chi connectivity index (χ4v) is 3.32. The number of aryl methyl sites for hydroxylation is 1. The van der Waals surface area contributed by atoms with E-state index in [0.29, 0.717) is 6.61 Å². The molecule has 9 heteroatoms. The molecule has 0 bridgehead atoms. The Morgan fingerprint density at radius 3 is 2.46 bits per heavy atom. The van der Waals surface area contributed by atoms with E-state index in [1.807, 2.05) is 13.8 Å². The van der Waals surface area contributed by atoms with Crippen molar-refractivity contribution in [2.24, 2.45) is 0 Å². The third kappa shape index (κ3) is 7.24. The van der Waals surface area contributed by atoms with E-state index in [0.717, 1.165) is 5.56 Å². The highest BCUT2D eigenvalue weighted by Crippen LogP contribution is 2.12. The van der Waals surface area contributed by atoms with Crippen LogP contribution in [0.4, 0.5) is 0 Å². The number of hydrazine groups is 1. The first-order valence-electron chi connectivity index (χ1n) is 7.38. The summed E-state index contributed by atoms with van der Waals surface area (Å²) in [5, 5.41) is 3.13. The van der Waals surface area contributed by atoms with E-state index in [1.54, 1.807) is 19.2 Å². The van der Waals surface area contributed by atoms with Gasteiger partial charge in [0.15, 0.2) is 14.9 Å². The van der Waals surface area contributed by atoms with Crippen LogP contribution in [0.5, 0.6) is 0 Å². The number of sulfone groups is 1. The lowest BCUT2D eigenvalue weighted by atomic mass is 10.2. The van der Waals surface area contributed by atoms with Gasteiger partial charge in [-0.3, -0.25) is 15.6 Å². The summed E-state index contributed by atoms with van der Waals surface area (Å²) >= 11 is 5.00. The summed E-state index contributed by atoms with van der Waals surface area (Å²) in [5.74, 6) is -0.738. The van der Waals surface area contributed by atoms with Crippen LogP contribution in [-0.4, -0.2) is 44.9 Å². The Morgan fingerprint density at radius 1 is 1.25 bits per heavy atom. The third-order valence-corrected chi connectivity index (χ3v) is 5.04. The van der Waals surface area contributed by atoms with Gasteiger partial charge < -0.3 is 10.1 Å². The minimum absolute atomic E-state index is 0.0196. The van der Waals surface area contributed by atoms with Crippen molar-refractivity contribution in [3.8, 4) is 0 Å². The van der Waals surface area contributed by atoms with Crippen LogP contribution in [0, 0.1) is 6.92 Å². The van der Waals surface area contributed by atoms with Crippen LogP contribution in [0.3, 0.4) is 0 Å². The third-order valence-electron chi connectivity index (χ3n) is 3.09. The van der Waals surface area contributed by atoms with Gasteiger partial charge in [-0.25, -0.2) is 8.42 Å². The van der Waals surface area contributed by atoms with Crippen molar-refractivity contribution in [2.45, 2.75) is 31.2 Å². The summed E-state index contributed by atoms with van der Waals surface area (Å²) in [7, 11) is -1.92. The van der Waals surface area contributed by atoms with Gasteiger partial charge in [-0.1, -0.05) is 17.7 Å². The Balaban J connectivity index is 2.40. The highest BCUT2D eigenvalue weighted by Gasteiger charge is 2.16. The van der Waals surface area contributed by atoms with E-state index in [-0.39, 0.29) is 28.2 Å². The van der Waals surface area contributed by atoms with Crippen molar-refractivity contribution in [1.29, 1.82) is 0 Å². The molecule has 0 saturated carbocycles. The van der Waals surface area contributed by atoms with Crippen LogP contribution in [0.1, 0.15) is 18.9 Å². The first-order valence-corrected chi connectivity index (χ1v) is 9.44. The van der Waals surface area contributed by atoms with Gasteiger partial charge in [0, 0.05) is 19.6 Å². The van der Waals surface area contributed by atoms with E-state index < -0.39 is 15.7 Å². The molecule has 1 atom stereocenters. The van der Waals surface area contributed by atoms with Gasteiger partial charge in [-0.15, -0.1) is 0 Å². The van der Waals surface area contributed by atoms with E-state index in [1.165, 1.54) is 12.1 Å². The number of hydrogen-bond acceptors (Lipinski definition) is 5. The Kier molecular flexibility index (Phi) is 8.09. The predicted molar refractivity (Wildman–Crippen MR) is 96.2 cm³/mol. The molecule has 0 unspecified atom stereocenters. The second-order valence-electron chi connectivity index (χ2n) is 5.38. The molecule has 0 aliphatic carbocycles. The van der Waals surface area contributed by atoms with E-state index in [2.05, 4.69) is 16.2 Å². The maximum atomic E-state index is 12.2. The predicted octanol–water partition coefficient (Wildman–Crippen LogP) is 0.689. The minimum atomic E-state index is -3.49. The molecule has 1 aromatic carbocycles. The molecule has 0 saturated heterocycles. The van der Waals surface area contributed by atoms with Crippen LogP contribution >= 0.6 is 12.2 Å². The Labute approximate surface area is 148 Å². The van der Waals surface area contributed by atoms with E-state index in [9.17, 15) is 13.2 Å². The molecule has 0 spiro atoms. The molecule has 134 valence electrons. The lowest BCUT2D eigenvalue weighted by Crippen LogP contribution is -2.50. The number of benzene rings is 1. The molecule has 1 aromatic rings. The molecule has 0 heterocycles. The fourth-order valence-electron chi connectivity index (χ4n) is 1.83. The van der Waals surface area contributed by atoms with Gasteiger partial charge >= 0.3 is 0 Å². The number of thiocarbonyl (C=S) groups is 1. The van der Waals surface area contributed by atoms with Crippen LogP contribution in [0.2, 0.25) is 0 Å². The summed E-state index contributed by atoms with van der Waals surface area (Å²) in [6.45, 7) is 4.21. The number of rotatable bonds is 7. The Morgan fingerprint density at radius 2 is 1.88 bits per heavy atom. The van der Waals surface area contributed by atoms with Crippen LogP contribution in [-0.2, 0) is 19.4 Å². The fraction of sp³-hybridized carbons (Fsp3) is 0.467. The first-order chi connectivity index (χ1) is 11.2. The maximum Gasteiger partial charge on any atom is 0.239 e. The second kappa shape index (κ2) is 9.55. The van der Waals surface area contributed by atoms with Gasteiger partial charge in [0.25, 0.3) is 0 Å². The zero-order valence-corrected chi connectivity index (χ0v) is 15.6. The zero-order valence-electron chi connectivity index (χ0n) is 14.0. The zero-order chi connectivity index (χ0) is 18.2. The lowest BCUT2D eigenvalue weighted by Gasteiger charge is -2.16. The summed E-state index contributed by atoms with van der Waals surface area (Å²) in [6, 6.07) is 6.50. The lowest BCUT2D eigenvalue weighted by molar-refractivity contribution is -0.121. The molecule has 1 amide bonds. The minimum Gasteiger partial charge on any atom is -0.383 e. The molecule has 0 radical (unpaired) electrons. The Bertz CT molecular complexity index is 660. The van der Waals surface area contributed by atoms with Gasteiger partial charge in [-0.2, -0.15) is 0 Å². The van der Waals surface area contributed by atoms with Crippen molar-refractivity contribution >= 4 is 33.1 Å². The molecule has 1 rings (SSSR count). The van der Waals surface area contributed by atoms with Crippen molar-refractivity contribution in [3.05, 3.63) is 29.8 Å². The quantitative estimate of drug-likeness (QED) is 0.478. The number of amides is 1. The molecule has 0 aliphatic rings. The monoisotopic (exact) mass is 373 g/mol. The SMILES string of the molecule is COC[C@H](C)NC(=S)NNC(=O)CCS(=O)(=O)c1ccc(C)cc1. The first kappa shape index (κ1) is 20.3. The Hall–Kier alpha value is -1.71. The maximum absolute atomic E-state index is 12.2. The van der Waals surface area contributed by atoms with E-state index in [4.69, 9.17) is 17.0 Å². The van der Waals surface area contributed by atoms with Gasteiger partial charge in [-0.05, 0) is 38.2 Å². The van der Waals surface area contributed by atoms with Gasteiger partial charge in [0.2, 0.25) is 5.91 Å². The summed E-state index contributed by atoms with van der Waals surface area (Å²) in [6.07, 6.45) is -0.167. The average molecular weight is 374 g/mol. The van der Waals surface area contributed by atoms with Crippen molar-refractivity contribution in [1.82, 2.24) is 16.2 Å². The number of nitrogens with one attached hydrogen (secondary N) is 3. The van der Waals surface area contributed by atoms with Crippen molar-refractivity contribution < 1.29 is 17.9 Å². The molecule has 0 fully saturated rings. The molecular formula is C15H23N3O4S2. The number of carbonyl (C=O) groups excluding carboxylic acids is 1. The summed E-state index contributed by atoms with van der Waals surface area (Å²) < 4.78 is 29.3. The molecular weight excluding hydrogens is 350 g/mol. The molecule has 0 aliphatic heterocycles. The van der Waals surface area contributed by atoms with Crippen LogP contribution in [0.15, 0.2) is 29.2 Å². The smallest absolute Gasteiger partial charge is 0.239 e. The van der Waals surface area contributed by atoms with Crippen molar-refractivity contribution in [2.75, 3.05) is 19.5 Å². The molecule has 7 nitrogen and oxygen atoms in total. The van der Waals surface area contributed by atoms with Crippen LogP contribution in [0.25, 0.3) is 0 Å². The van der Waals surface area contributed by atoms with Gasteiger partial charge in [0.1, 0.15) is 0 Å². The van der Waals surface area contributed by atoms with Crippen LogP contribution < -0.4 is 16.2 Å². The highest BCUT2D eigenvalue weighted by atomic mass is 32.2. The normalized spacial score (nSPS) is 12.3. The number of hydrogen-bond donors (Lipinski definition) is 3. The number of carbonyl (C=O) groups is 1. The molecule has 0 aromatic heterocycles. The standard InChI is InChI=1S/C15H23N3O4S2/c1-11-4-6-13(7-5-11)24(20,21)9-8-14(19)17-18-15(23)16-12(2)10-22-3/h4-7,12H,8-10H2,1-3H3,(H,17,19)(H2,16,18,23)/t12-/m0/s1. The summed E-state index contributed by atoms with van der Waals surface area (Å²) in [5.41, 5.74) is 5.86. The van der Waals surface area contributed by atoms with Crippen molar-refractivity contribution in [3.63, 3.8) is 0 Å². The second-order valence-corrected chi connectivity index (χ2v) is 7.90. The average Bonchev–Trinajstić information content (AvgIpc) is 2.51. The van der Waals surface area contributed by atoms with E-state index >= 15 is 0 Å². The number of ether oxygens (including phenoxy) is 1. The molecule has 3 N–H and O–H groups in total.